The number of hydrogen-bond acceptors (Lipinski definition) is 4. The molecule has 0 N–H and O–H groups in total. The van der Waals surface area contributed by atoms with Crippen LogP contribution >= 0.6 is 0 Å². The Morgan fingerprint density at radius 1 is 0.885 bits per heavy atom. The van der Waals surface area contributed by atoms with Crippen molar-refractivity contribution in [3.8, 4) is 5.75 Å². The second-order valence-electron chi connectivity index (χ2n) is 7.28. The minimum atomic E-state index is 0.565. The van der Waals surface area contributed by atoms with Crippen molar-refractivity contribution in [2.75, 3.05) is 57.8 Å². The van der Waals surface area contributed by atoms with Crippen molar-refractivity contribution in [2.24, 2.45) is 0 Å². The summed E-state index contributed by atoms with van der Waals surface area (Å²) in [4.78, 5) is 7.72. The summed E-state index contributed by atoms with van der Waals surface area (Å²) in [5, 5.41) is 0. The third-order valence-electron chi connectivity index (χ3n) is 5.81. The van der Waals surface area contributed by atoms with E-state index < -0.39 is 0 Å². The Morgan fingerprint density at radius 2 is 1.69 bits per heavy atom. The fourth-order valence-electron chi connectivity index (χ4n) is 4.07. The minimum absolute atomic E-state index is 0.565. The van der Waals surface area contributed by atoms with Crippen LogP contribution in [0.1, 0.15) is 18.0 Å². The molecule has 0 spiro atoms. The highest BCUT2D eigenvalue weighted by molar-refractivity contribution is 5.46. The number of ether oxygens (including phenoxy) is 1. The zero-order valence-corrected chi connectivity index (χ0v) is 15.7. The molecule has 0 bridgehead atoms. The monoisotopic (exact) mass is 351 g/mol. The van der Waals surface area contributed by atoms with Gasteiger partial charge in [-0.25, -0.2) is 0 Å². The predicted molar refractivity (Wildman–Crippen MR) is 107 cm³/mol. The molecular formula is C22H29N3O. The van der Waals surface area contributed by atoms with E-state index in [1.165, 1.54) is 30.8 Å². The number of hydrogen-bond donors (Lipinski definition) is 0. The normalized spacial score (nSPS) is 21.4. The van der Waals surface area contributed by atoms with Gasteiger partial charge in [0.2, 0.25) is 0 Å². The summed E-state index contributed by atoms with van der Waals surface area (Å²) in [5.74, 6) is 0.964. The highest BCUT2D eigenvalue weighted by Crippen LogP contribution is 2.34. The first-order valence-corrected chi connectivity index (χ1v) is 9.74. The molecule has 4 nitrogen and oxygen atoms in total. The topological polar surface area (TPSA) is 19.0 Å². The number of benzene rings is 2. The third kappa shape index (κ3) is 3.87. The first kappa shape index (κ1) is 17.4. The SMILES string of the molecule is COc1cccc([C@@H]2CCN2CCN2CCN(c3ccccc3)CC2)c1. The number of piperazine rings is 1. The van der Waals surface area contributed by atoms with Crippen LogP contribution in [0.5, 0.6) is 5.75 Å². The van der Waals surface area contributed by atoms with Crippen molar-refractivity contribution in [2.45, 2.75) is 12.5 Å². The highest BCUT2D eigenvalue weighted by Gasteiger charge is 2.29. The van der Waals surface area contributed by atoms with Gasteiger partial charge in [0.05, 0.1) is 7.11 Å². The van der Waals surface area contributed by atoms with Crippen molar-refractivity contribution in [3.63, 3.8) is 0 Å². The molecule has 26 heavy (non-hydrogen) atoms. The van der Waals surface area contributed by atoms with E-state index >= 15 is 0 Å². The van der Waals surface area contributed by atoms with Crippen LogP contribution in [0.15, 0.2) is 54.6 Å². The molecule has 4 heteroatoms. The van der Waals surface area contributed by atoms with E-state index in [0.717, 1.165) is 38.5 Å². The van der Waals surface area contributed by atoms with Gasteiger partial charge in [-0.05, 0) is 36.2 Å². The first-order valence-electron chi connectivity index (χ1n) is 9.74. The zero-order valence-electron chi connectivity index (χ0n) is 15.7. The van der Waals surface area contributed by atoms with Crippen molar-refractivity contribution in [1.29, 1.82) is 0 Å². The maximum atomic E-state index is 5.38. The number of rotatable bonds is 6. The van der Waals surface area contributed by atoms with E-state index in [1.807, 2.05) is 6.07 Å². The molecule has 2 fully saturated rings. The van der Waals surface area contributed by atoms with Gasteiger partial charge in [-0.2, -0.15) is 0 Å². The Balaban J connectivity index is 1.25. The van der Waals surface area contributed by atoms with Crippen molar-refractivity contribution < 1.29 is 4.74 Å². The van der Waals surface area contributed by atoms with E-state index in [2.05, 4.69) is 63.2 Å². The van der Waals surface area contributed by atoms with Crippen molar-refractivity contribution >= 4 is 5.69 Å². The average molecular weight is 351 g/mol. The second-order valence-corrected chi connectivity index (χ2v) is 7.28. The fourth-order valence-corrected chi connectivity index (χ4v) is 4.07. The molecule has 0 saturated carbocycles. The number of nitrogens with zero attached hydrogens (tertiary/aromatic N) is 3. The summed E-state index contributed by atoms with van der Waals surface area (Å²) in [7, 11) is 1.74. The summed E-state index contributed by atoms with van der Waals surface area (Å²) < 4.78 is 5.38. The Morgan fingerprint density at radius 3 is 2.38 bits per heavy atom. The number of likely N-dealkylation sites (tertiary alicyclic amines) is 1. The van der Waals surface area contributed by atoms with E-state index in [4.69, 9.17) is 4.74 Å². The van der Waals surface area contributed by atoms with E-state index in [1.54, 1.807) is 7.11 Å². The maximum absolute atomic E-state index is 5.38. The van der Waals surface area contributed by atoms with Gasteiger partial charge in [-0.1, -0.05) is 30.3 Å². The molecule has 0 radical (unpaired) electrons. The van der Waals surface area contributed by atoms with Gasteiger partial charge in [0.1, 0.15) is 5.75 Å². The smallest absolute Gasteiger partial charge is 0.119 e. The summed E-state index contributed by atoms with van der Waals surface area (Å²) >= 11 is 0. The highest BCUT2D eigenvalue weighted by atomic mass is 16.5. The molecule has 138 valence electrons. The van der Waals surface area contributed by atoms with Crippen molar-refractivity contribution in [3.05, 3.63) is 60.2 Å². The lowest BCUT2D eigenvalue weighted by Crippen LogP contribution is -2.50. The molecule has 4 rings (SSSR count). The number of para-hydroxylation sites is 1. The molecule has 2 heterocycles. The van der Waals surface area contributed by atoms with Gasteiger partial charge < -0.3 is 9.64 Å². The number of anilines is 1. The quantitative estimate of drug-likeness (QED) is 0.795. The van der Waals surface area contributed by atoms with Crippen LogP contribution in [-0.4, -0.2) is 62.7 Å². The number of methoxy groups -OCH3 is 1. The third-order valence-corrected chi connectivity index (χ3v) is 5.81. The molecule has 2 saturated heterocycles. The van der Waals surface area contributed by atoms with Crippen LogP contribution in [0, 0.1) is 0 Å². The van der Waals surface area contributed by atoms with Crippen molar-refractivity contribution in [1.82, 2.24) is 9.80 Å². The Labute approximate surface area is 157 Å². The standard InChI is InChI=1S/C22H29N3O/c1-26-21-9-5-6-19(18-21)22-10-11-25(22)17-14-23-12-15-24(16-13-23)20-7-3-2-4-8-20/h2-9,18,22H,10-17H2,1H3/t22-/m0/s1. The van der Waals surface area contributed by atoms with Gasteiger partial charge in [0.25, 0.3) is 0 Å². The summed E-state index contributed by atoms with van der Waals surface area (Å²) in [6, 6.07) is 19.9. The lowest BCUT2D eigenvalue weighted by molar-refractivity contribution is 0.0741. The largest absolute Gasteiger partial charge is 0.497 e. The molecule has 2 aliphatic rings. The molecule has 2 aromatic carbocycles. The van der Waals surface area contributed by atoms with Gasteiger partial charge in [-0.15, -0.1) is 0 Å². The fraction of sp³-hybridized carbons (Fsp3) is 0.455. The molecular weight excluding hydrogens is 322 g/mol. The molecule has 2 aromatic rings. The Hall–Kier alpha value is -2.04. The molecule has 0 aliphatic carbocycles. The summed E-state index contributed by atoms with van der Waals surface area (Å²) in [6.45, 7) is 8.12. The van der Waals surface area contributed by atoms with Crippen LogP contribution in [-0.2, 0) is 0 Å². The second kappa shape index (κ2) is 8.11. The van der Waals surface area contributed by atoms with Crippen LogP contribution in [0.2, 0.25) is 0 Å². The Kier molecular flexibility index (Phi) is 5.42. The summed E-state index contributed by atoms with van der Waals surface area (Å²) in [6.07, 6.45) is 1.26. The lowest BCUT2D eigenvalue weighted by atomic mass is 9.94. The first-order chi connectivity index (χ1) is 12.8. The molecule has 0 amide bonds. The van der Waals surface area contributed by atoms with Crippen LogP contribution in [0.25, 0.3) is 0 Å². The van der Waals surface area contributed by atoms with Crippen LogP contribution in [0.4, 0.5) is 5.69 Å². The summed E-state index contributed by atoms with van der Waals surface area (Å²) in [5.41, 5.74) is 2.75. The Bertz CT molecular complexity index is 698. The van der Waals surface area contributed by atoms with Gasteiger partial charge in [-0.3, -0.25) is 9.80 Å². The van der Waals surface area contributed by atoms with Crippen LogP contribution in [0.3, 0.4) is 0 Å². The molecule has 0 unspecified atom stereocenters. The predicted octanol–water partition coefficient (Wildman–Crippen LogP) is 3.26. The van der Waals surface area contributed by atoms with E-state index in [0.29, 0.717) is 6.04 Å². The molecule has 0 aromatic heterocycles. The zero-order chi connectivity index (χ0) is 17.8. The van der Waals surface area contributed by atoms with E-state index in [-0.39, 0.29) is 0 Å². The molecule has 2 aliphatic heterocycles. The van der Waals surface area contributed by atoms with Gasteiger partial charge >= 0.3 is 0 Å². The molecule has 1 atom stereocenters. The van der Waals surface area contributed by atoms with E-state index in [9.17, 15) is 0 Å². The van der Waals surface area contributed by atoms with Crippen LogP contribution < -0.4 is 9.64 Å². The van der Waals surface area contributed by atoms with Gasteiger partial charge in [0.15, 0.2) is 0 Å². The maximum Gasteiger partial charge on any atom is 0.119 e. The van der Waals surface area contributed by atoms with Gasteiger partial charge in [0, 0.05) is 57.5 Å². The average Bonchev–Trinajstić information content (AvgIpc) is 2.69. The lowest BCUT2D eigenvalue weighted by Gasteiger charge is -2.43. The minimum Gasteiger partial charge on any atom is -0.497 e.